The Labute approximate surface area is 155 Å². The van der Waals surface area contributed by atoms with Crippen molar-refractivity contribution >= 4 is 29.0 Å². The highest BCUT2D eigenvalue weighted by molar-refractivity contribution is 6.32. The summed E-state index contributed by atoms with van der Waals surface area (Å²) in [5.74, 6) is 0.897. The van der Waals surface area contributed by atoms with Crippen LogP contribution in [0.2, 0.25) is 10.0 Å². The summed E-state index contributed by atoms with van der Waals surface area (Å²) < 4.78 is 5.71. The molecule has 0 fully saturated rings. The van der Waals surface area contributed by atoms with Crippen molar-refractivity contribution in [2.24, 2.45) is 0 Å². The molecule has 0 atom stereocenters. The van der Waals surface area contributed by atoms with E-state index in [0.717, 1.165) is 5.56 Å². The van der Waals surface area contributed by atoms with Crippen LogP contribution in [0.5, 0.6) is 17.2 Å². The lowest BCUT2D eigenvalue weighted by Crippen LogP contribution is -2.03. The van der Waals surface area contributed by atoms with Crippen LogP contribution in [0, 0.1) is 0 Å². The smallest absolute Gasteiger partial charge is 0.170 e. The van der Waals surface area contributed by atoms with E-state index in [1.165, 1.54) is 6.07 Å². The van der Waals surface area contributed by atoms with Gasteiger partial charge in [-0.2, -0.15) is 0 Å². The molecule has 0 amide bonds. The number of para-hydroxylation sites is 1. The third-order valence-electron chi connectivity index (χ3n) is 3.61. The molecular formula is C20H14Cl2O3. The molecule has 3 rings (SSSR count). The fourth-order valence-corrected chi connectivity index (χ4v) is 2.72. The minimum atomic E-state index is -0.180. The largest absolute Gasteiger partial charge is 0.507 e. The molecule has 1 N–H and O–H groups in total. The highest BCUT2D eigenvalue weighted by atomic mass is 35.5. The zero-order chi connectivity index (χ0) is 17.8. The topological polar surface area (TPSA) is 46.5 Å². The summed E-state index contributed by atoms with van der Waals surface area (Å²) >= 11 is 12.1. The zero-order valence-electron chi connectivity index (χ0n) is 13.1. The molecule has 0 heterocycles. The maximum absolute atomic E-state index is 12.3. The van der Waals surface area contributed by atoms with Crippen molar-refractivity contribution in [2.75, 3.05) is 0 Å². The number of hydrogen-bond donors (Lipinski definition) is 1. The van der Waals surface area contributed by atoms with E-state index in [9.17, 15) is 9.90 Å². The molecule has 5 heteroatoms. The van der Waals surface area contributed by atoms with Gasteiger partial charge in [0.25, 0.3) is 0 Å². The van der Waals surface area contributed by atoms with E-state index in [0.29, 0.717) is 27.1 Å². The third-order valence-corrected chi connectivity index (χ3v) is 4.15. The molecule has 0 saturated heterocycles. The Balaban J connectivity index is 1.74. The number of ketones is 1. The highest BCUT2D eigenvalue weighted by Gasteiger charge is 2.13. The van der Waals surface area contributed by atoms with E-state index in [4.69, 9.17) is 27.9 Å². The molecule has 126 valence electrons. The first-order valence-corrected chi connectivity index (χ1v) is 8.31. The molecular weight excluding hydrogens is 359 g/mol. The summed E-state index contributed by atoms with van der Waals surface area (Å²) in [6.07, 6.45) is 0.137. The van der Waals surface area contributed by atoms with Crippen LogP contribution in [-0.2, 0) is 6.42 Å². The van der Waals surface area contributed by atoms with E-state index < -0.39 is 0 Å². The van der Waals surface area contributed by atoms with E-state index in [1.54, 1.807) is 60.7 Å². The molecule has 0 unspecified atom stereocenters. The van der Waals surface area contributed by atoms with Crippen molar-refractivity contribution in [3.8, 4) is 17.2 Å². The maximum Gasteiger partial charge on any atom is 0.170 e. The molecule has 0 spiro atoms. The molecule has 0 saturated carbocycles. The summed E-state index contributed by atoms with van der Waals surface area (Å²) in [6, 6.07) is 18.6. The molecule has 0 radical (unpaired) electrons. The summed E-state index contributed by atoms with van der Waals surface area (Å²) in [4.78, 5) is 12.3. The van der Waals surface area contributed by atoms with Crippen LogP contribution in [0.25, 0.3) is 0 Å². The van der Waals surface area contributed by atoms with Gasteiger partial charge in [-0.3, -0.25) is 4.79 Å². The van der Waals surface area contributed by atoms with Gasteiger partial charge in [-0.15, -0.1) is 0 Å². The van der Waals surface area contributed by atoms with Crippen LogP contribution in [0.15, 0.2) is 66.7 Å². The van der Waals surface area contributed by atoms with Crippen molar-refractivity contribution in [2.45, 2.75) is 6.42 Å². The fourth-order valence-electron chi connectivity index (χ4n) is 2.36. The van der Waals surface area contributed by atoms with E-state index in [-0.39, 0.29) is 18.0 Å². The Kier molecular flexibility index (Phi) is 5.27. The van der Waals surface area contributed by atoms with Crippen molar-refractivity contribution in [3.63, 3.8) is 0 Å². The molecule has 3 aromatic rings. The van der Waals surface area contributed by atoms with Crippen molar-refractivity contribution < 1.29 is 14.6 Å². The normalized spacial score (nSPS) is 10.5. The van der Waals surface area contributed by atoms with Crippen LogP contribution in [0.1, 0.15) is 15.9 Å². The number of Topliss-reactive ketones (excluding diaryl/α,β-unsaturated/α-hetero) is 1. The standard InChI is InChI=1S/C20H14Cl2O3/c21-14-6-8-15(9-7-14)25-20-10-5-13(11-17(20)22)12-19(24)16-3-1-2-4-18(16)23/h1-11,23H,12H2. The molecule has 25 heavy (non-hydrogen) atoms. The van der Waals surface area contributed by atoms with Gasteiger partial charge in [-0.1, -0.05) is 41.4 Å². The fraction of sp³-hybridized carbons (Fsp3) is 0.0500. The van der Waals surface area contributed by atoms with Crippen LogP contribution in [-0.4, -0.2) is 10.9 Å². The molecule has 0 aromatic heterocycles. The summed E-state index contributed by atoms with van der Waals surface area (Å²) in [6.45, 7) is 0. The van der Waals surface area contributed by atoms with Crippen molar-refractivity contribution in [1.29, 1.82) is 0 Å². The Morgan fingerprint density at radius 1 is 0.960 bits per heavy atom. The molecule has 0 aliphatic rings. The van der Waals surface area contributed by atoms with Gasteiger partial charge in [0.2, 0.25) is 0 Å². The van der Waals surface area contributed by atoms with Crippen molar-refractivity contribution in [3.05, 3.63) is 87.9 Å². The molecule has 3 nitrogen and oxygen atoms in total. The van der Waals surface area contributed by atoms with E-state index >= 15 is 0 Å². The van der Waals surface area contributed by atoms with Gasteiger partial charge in [-0.05, 0) is 54.1 Å². The second-order valence-corrected chi connectivity index (χ2v) is 6.28. The van der Waals surface area contributed by atoms with Gasteiger partial charge in [0.05, 0.1) is 10.6 Å². The number of aromatic hydroxyl groups is 1. The highest BCUT2D eigenvalue weighted by Crippen LogP contribution is 2.31. The number of carbonyl (C=O) groups excluding carboxylic acids is 1. The Morgan fingerprint density at radius 3 is 2.36 bits per heavy atom. The van der Waals surface area contributed by atoms with E-state index in [1.807, 2.05) is 0 Å². The first kappa shape index (κ1) is 17.3. The van der Waals surface area contributed by atoms with Gasteiger partial charge < -0.3 is 9.84 Å². The first-order chi connectivity index (χ1) is 12.0. The van der Waals surface area contributed by atoms with Gasteiger partial charge in [0.1, 0.15) is 17.2 Å². The van der Waals surface area contributed by atoms with Crippen LogP contribution in [0.3, 0.4) is 0 Å². The number of phenolic OH excluding ortho intramolecular Hbond substituents is 1. The molecule has 0 aliphatic carbocycles. The number of rotatable bonds is 5. The minimum absolute atomic E-state index is 0.0266. The number of hydrogen-bond acceptors (Lipinski definition) is 3. The van der Waals surface area contributed by atoms with Crippen LogP contribution >= 0.6 is 23.2 Å². The monoisotopic (exact) mass is 372 g/mol. The van der Waals surface area contributed by atoms with Gasteiger partial charge >= 0.3 is 0 Å². The number of ether oxygens (including phenoxy) is 1. The SMILES string of the molecule is O=C(Cc1ccc(Oc2ccc(Cl)cc2)c(Cl)c1)c1ccccc1O. The summed E-state index contributed by atoms with van der Waals surface area (Å²) in [5, 5.41) is 10.8. The Bertz CT molecular complexity index is 905. The quantitative estimate of drug-likeness (QED) is 0.565. The van der Waals surface area contributed by atoms with Gasteiger partial charge in [-0.25, -0.2) is 0 Å². The predicted octanol–water partition coefficient (Wildman–Crippen LogP) is 5.92. The summed E-state index contributed by atoms with van der Waals surface area (Å²) in [5.41, 5.74) is 1.03. The number of phenols is 1. The van der Waals surface area contributed by atoms with Crippen LogP contribution < -0.4 is 4.74 Å². The maximum atomic E-state index is 12.3. The Hall–Kier alpha value is -2.49. The van der Waals surface area contributed by atoms with Gasteiger partial charge in [0.15, 0.2) is 5.78 Å². The second-order valence-electron chi connectivity index (χ2n) is 5.44. The number of benzene rings is 3. The second kappa shape index (κ2) is 7.60. The van der Waals surface area contributed by atoms with Gasteiger partial charge in [0, 0.05) is 11.4 Å². The lowest BCUT2D eigenvalue weighted by atomic mass is 10.0. The predicted molar refractivity (Wildman–Crippen MR) is 99.1 cm³/mol. The Morgan fingerprint density at radius 2 is 1.68 bits per heavy atom. The zero-order valence-corrected chi connectivity index (χ0v) is 14.6. The molecule has 0 bridgehead atoms. The average Bonchev–Trinajstić information content (AvgIpc) is 2.59. The first-order valence-electron chi connectivity index (χ1n) is 7.56. The van der Waals surface area contributed by atoms with Crippen LogP contribution in [0.4, 0.5) is 0 Å². The molecule has 0 aliphatic heterocycles. The van der Waals surface area contributed by atoms with E-state index in [2.05, 4.69) is 0 Å². The minimum Gasteiger partial charge on any atom is -0.507 e. The molecule has 3 aromatic carbocycles. The lowest BCUT2D eigenvalue weighted by molar-refractivity contribution is 0.0990. The average molecular weight is 373 g/mol. The summed E-state index contributed by atoms with van der Waals surface area (Å²) in [7, 11) is 0. The number of halogens is 2. The van der Waals surface area contributed by atoms with Crippen molar-refractivity contribution in [1.82, 2.24) is 0 Å². The third kappa shape index (κ3) is 4.32. The lowest BCUT2D eigenvalue weighted by Gasteiger charge is -2.09. The number of carbonyl (C=O) groups is 1.